The number of ether oxygens (including phenoxy) is 1. The molecule has 1 heterocycles. The van der Waals surface area contributed by atoms with Gasteiger partial charge in [0, 0.05) is 18.9 Å². The van der Waals surface area contributed by atoms with Crippen LogP contribution in [0.5, 0.6) is 11.5 Å². The van der Waals surface area contributed by atoms with Crippen LogP contribution in [0, 0.1) is 11.3 Å². The van der Waals surface area contributed by atoms with Gasteiger partial charge in [0.25, 0.3) is 5.91 Å². The molecule has 1 aromatic heterocycles. The molecule has 0 saturated heterocycles. The smallest absolute Gasteiger partial charge is 0.255 e. The van der Waals surface area contributed by atoms with E-state index in [0.29, 0.717) is 47.5 Å². The Kier molecular flexibility index (Phi) is 5.86. The van der Waals surface area contributed by atoms with E-state index in [1.165, 1.54) is 18.7 Å². The molecule has 3 aromatic rings. The van der Waals surface area contributed by atoms with Crippen LogP contribution in [0.3, 0.4) is 0 Å². The fourth-order valence-corrected chi connectivity index (χ4v) is 3.12. The summed E-state index contributed by atoms with van der Waals surface area (Å²) >= 11 is 0. The zero-order valence-corrected chi connectivity index (χ0v) is 17.0. The molecule has 2 N–H and O–H groups in total. The van der Waals surface area contributed by atoms with E-state index in [4.69, 9.17) is 12.6 Å². The predicted molar refractivity (Wildman–Crippen MR) is 116 cm³/mol. The first-order chi connectivity index (χ1) is 15.5. The number of nitrogens with one attached hydrogen (secondary N) is 2. The lowest BCUT2D eigenvalue weighted by Gasteiger charge is -2.17. The van der Waals surface area contributed by atoms with E-state index in [-0.39, 0.29) is 11.8 Å². The average Bonchev–Trinajstić information content (AvgIpc) is 3.60. The highest BCUT2D eigenvalue weighted by Crippen LogP contribution is 2.36. The molecule has 1 saturated carbocycles. The number of nitrogens with zero attached hydrogens (tertiary/aromatic N) is 3. The molecule has 1 aliphatic rings. The summed E-state index contributed by atoms with van der Waals surface area (Å²) in [6, 6.07) is 14.1. The molecule has 0 atom stereocenters. The van der Waals surface area contributed by atoms with Crippen molar-refractivity contribution < 1.29 is 14.3 Å². The van der Waals surface area contributed by atoms with Crippen molar-refractivity contribution in [3.63, 3.8) is 0 Å². The second-order valence-corrected chi connectivity index (χ2v) is 7.46. The quantitative estimate of drug-likeness (QED) is 0.557. The highest BCUT2D eigenvalue weighted by atomic mass is 16.5. The lowest BCUT2D eigenvalue weighted by atomic mass is 9.94. The molecule has 156 valence electrons. The summed E-state index contributed by atoms with van der Waals surface area (Å²) in [5.74, 6) is 0.359. The Morgan fingerprint density at radius 2 is 1.84 bits per heavy atom. The summed E-state index contributed by atoms with van der Waals surface area (Å²) in [6.07, 6.45) is 5.31. The summed E-state index contributed by atoms with van der Waals surface area (Å²) in [5.41, 5.74) is 1.12. The lowest BCUT2D eigenvalue weighted by molar-refractivity contribution is -0.124. The first kappa shape index (κ1) is 21.1. The Bertz CT molecular complexity index is 1190. The molecule has 9 heteroatoms. The van der Waals surface area contributed by atoms with Gasteiger partial charge in [0.05, 0.1) is 11.1 Å². The Morgan fingerprint density at radius 1 is 1.12 bits per heavy atom. The van der Waals surface area contributed by atoms with Gasteiger partial charge in [-0.2, -0.15) is 5.26 Å². The molecule has 8 nitrogen and oxygen atoms in total. The minimum absolute atomic E-state index is 0.233. The van der Waals surface area contributed by atoms with Crippen LogP contribution in [-0.2, 0) is 11.3 Å². The van der Waals surface area contributed by atoms with Crippen LogP contribution < -0.4 is 20.8 Å². The Balaban J connectivity index is 1.33. The molecule has 2 amide bonds. The number of carbonyl (C=O) groups excluding carboxylic acids is 2. The van der Waals surface area contributed by atoms with Gasteiger partial charge in [-0.1, -0.05) is 23.7 Å². The highest BCUT2D eigenvalue weighted by Gasteiger charge is 2.51. The summed E-state index contributed by atoms with van der Waals surface area (Å²) < 4.78 is 5.76. The fraction of sp³-hybridized carbons (Fsp3) is 0.174. The van der Waals surface area contributed by atoms with Gasteiger partial charge in [-0.3, -0.25) is 9.59 Å². The molecule has 32 heavy (non-hydrogen) atoms. The molecular formula is C23H18BN5O3. The van der Waals surface area contributed by atoms with Crippen LogP contribution in [0.4, 0.5) is 0 Å². The van der Waals surface area contributed by atoms with Crippen molar-refractivity contribution in [2.45, 2.75) is 24.9 Å². The number of hydrogen-bond donors (Lipinski definition) is 2. The van der Waals surface area contributed by atoms with Crippen LogP contribution in [-0.4, -0.2) is 35.2 Å². The van der Waals surface area contributed by atoms with Gasteiger partial charge in [0.1, 0.15) is 37.3 Å². The number of rotatable bonds is 7. The molecule has 1 aliphatic carbocycles. The number of nitriles is 1. The van der Waals surface area contributed by atoms with Crippen molar-refractivity contribution in [2.75, 3.05) is 0 Å². The van der Waals surface area contributed by atoms with Crippen LogP contribution in [0.1, 0.15) is 34.3 Å². The Hall–Kier alpha value is -4.19. The molecular weight excluding hydrogens is 405 g/mol. The minimum Gasteiger partial charge on any atom is -0.456 e. The molecule has 2 aromatic carbocycles. The van der Waals surface area contributed by atoms with Gasteiger partial charge in [0.2, 0.25) is 5.91 Å². The number of hydrogen-bond acceptors (Lipinski definition) is 6. The molecule has 2 radical (unpaired) electrons. The van der Waals surface area contributed by atoms with E-state index in [9.17, 15) is 14.9 Å². The first-order valence-electron chi connectivity index (χ1n) is 9.91. The Morgan fingerprint density at radius 3 is 2.50 bits per heavy atom. The van der Waals surface area contributed by atoms with Crippen molar-refractivity contribution in [2.24, 2.45) is 0 Å². The van der Waals surface area contributed by atoms with E-state index in [0.717, 1.165) is 5.56 Å². The zero-order valence-electron chi connectivity index (χ0n) is 17.0. The van der Waals surface area contributed by atoms with E-state index in [1.807, 2.05) is 12.1 Å². The third-order valence-corrected chi connectivity index (χ3v) is 5.09. The summed E-state index contributed by atoms with van der Waals surface area (Å²) in [6.45, 7) is 0.302. The number of amides is 2. The predicted octanol–water partition coefficient (Wildman–Crippen LogP) is 1.51. The van der Waals surface area contributed by atoms with Gasteiger partial charge in [-0.15, -0.1) is 0 Å². The molecule has 0 spiro atoms. The van der Waals surface area contributed by atoms with E-state index in [1.54, 1.807) is 30.3 Å². The maximum Gasteiger partial charge on any atom is 0.255 e. The van der Waals surface area contributed by atoms with E-state index in [2.05, 4.69) is 26.7 Å². The van der Waals surface area contributed by atoms with Crippen molar-refractivity contribution in [1.29, 1.82) is 5.26 Å². The van der Waals surface area contributed by atoms with Crippen molar-refractivity contribution >= 4 is 25.1 Å². The van der Waals surface area contributed by atoms with Crippen molar-refractivity contribution in [1.82, 2.24) is 20.6 Å². The summed E-state index contributed by atoms with van der Waals surface area (Å²) in [7, 11) is 5.70. The van der Waals surface area contributed by atoms with E-state index < -0.39 is 5.54 Å². The fourth-order valence-electron chi connectivity index (χ4n) is 3.12. The maximum atomic E-state index is 12.7. The molecule has 0 unspecified atom stereocenters. The van der Waals surface area contributed by atoms with E-state index >= 15 is 0 Å². The lowest BCUT2D eigenvalue weighted by Crippen LogP contribution is -2.48. The van der Waals surface area contributed by atoms with Crippen LogP contribution in [0.2, 0.25) is 0 Å². The number of benzene rings is 2. The standard InChI is InChI=1S/C23H18BN5O3/c24-18-3-6-20(16(9-18)10-25)32-19-4-1-15(2-5-19)11-28-22(31)23(7-8-23)29-21(30)17-12-26-14-27-13-17/h1-6,9,12-14H,7-8,11H2,(H,28,31)(H,29,30). The largest absolute Gasteiger partial charge is 0.456 e. The van der Waals surface area contributed by atoms with Crippen LogP contribution in [0.15, 0.2) is 61.2 Å². The van der Waals surface area contributed by atoms with Gasteiger partial charge >= 0.3 is 0 Å². The average molecular weight is 423 g/mol. The molecule has 0 bridgehead atoms. The van der Waals surface area contributed by atoms with Crippen molar-refractivity contribution in [3.8, 4) is 17.6 Å². The second-order valence-electron chi connectivity index (χ2n) is 7.46. The Labute approximate surface area is 186 Å². The SMILES string of the molecule is [B]c1ccc(Oc2ccc(CNC(=O)C3(NC(=O)c4cncnc4)CC3)cc2)c(C#N)c1. The zero-order chi connectivity index (χ0) is 22.6. The van der Waals surface area contributed by atoms with Gasteiger partial charge in [-0.25, -0.2) is 9.97 Å². The maximum absolute atomic E-state index is 12.7. The normalized spacial score (nSPS) is 13.5. The summed E-state index contributed by atoms with van der Waals surface area (Å²) in [4.78, 5) is 32.6. The third kappa shape index (κ3) is 4.76. The van der Waals surface area contributed by atoms with Crippen LogP contribution in [0.25, 0.3) is 0 Å². The molecule has 0 aliphatic heterocycles. The van der Waals surface area contributed by atoms with Crippen molar-refractivity contribution in [3.05, 3.63) is 77.9 Å². The molecule has 1 fully saturated rings. The minimum atomic E-state index is -0.890. The van der Waals surface area contributed by atoms with Crippen LogP contribution >= 0.6 is 0 Å². The number of aromatic nitrogens is 2. The summed E-state index contributed by atoms with van der Waals surface area (Å²) in [5, 5.41) is 14.9. The van der Waals surface area contributed by atoms with Gasteiger partial charge in [-0.05, 0) is 42.7 Å². The number of carbonyl (C=O) groups is 2. The van der Waals surface area contributed by atoms with Gasteiger partial charge < -0.3 is 15.4 Å². The monoisotopic (exact) mass is 423 g/mol. The second kappa shape index (κ2) is 8.90. The topological polar surface area (TPSA) is 117 Å². The third-order valence-electron chi connectivity index (χ3n) is 5.09. The highest BCUT2D eigenvalue weighted by molar-refractivity contribution is 6.32. The first-order valence-corrected chi connectivity index (χ1v) is 9.91. The van der Waals surface area contributed by atoms with Gasteiger partial charge in [0.15, 0.2) is 0 Å². The molecule has 4 rings (SSSR count).